The Bertz CT molecular complexity index is 774. The molecule has 25 heavy (non-hydrogen) atoms. The molecule has 2 amide bonds. The lowest BCUT2D eigenvalue weighted by atomic mass is 10.1. The second-order valence-corrected chi connectivity index (χ2v) is 6.13. The van der Waals surface area contributed by atoms with Crippen molar-refractivity contribution < 1.29 is 14.0 Å². The molecular weight excluding hydrogens is 319 g/mol. The van der Waals surface area contributed by atoms with Crippen LogP contribution in [0.15, 0.2) is 42.5 Å². The zero-order chi connectivity index (χ0) is 18.4. The summed E-state index contributed by atoms with van der Waals surface area (Å²) in [6.07, 6.45) is 0.364. The Morgan fingerprint density at radius 3 is 2.44 bits per heavy atom. The van der Waals surface area contributed by atoms with Crippen LogP contribution in [-0.2, 0) is 16.0 Å². The molecule has 0 radical (unpaired) electrons. The van der Waals surface area contributed by atoms with Crippen LogP contribution in [0.5, 0.6) is 0 Å². The van der Waals surface area contributed by atoms with Crippen molar-refractivity contribution in [2.45, 2.75) is 27.2 Å². The highest BCUT2D eigenvalue weighted by molar-refractivity contribution is 5.94. The predicted molar refractivity (Wildman–Crippen MR) is 96.9 cm³/mol. The zero-order valence-electron chi connectivity index (χ0n) is 14.8. The van der Waals surface area contributed by atoms with Crippen LogP contribution in [0.25, 0.3) is 0 Å². The maximum atomic E-state index is 13.7. The van der Waals surface area contributed by atoms with Crippen molar-refractivity contribution in [2.75, 3.05) is 18.4 Å². The summed E-state index contributed by atoms with van der Waals surface area (Å²) in [6, 6.07) is 12.1. The van der Waals surface area contributed by atoms with E-state index >= 15 is 0 Å². The minimum Gasteiger partial charge on any atom is -0.333 e. The molecule has 132 valence electrons. The Labute approximate surface area is 147 Å². The first kappa shape index (κ1) is 18.6. The number of hydrogen-bond acceptors (Lipinski definition) is 2. The molecule has 0 bridgehead atoms. The number of amides is 2. The first-order valence-electron chi connectivity index (χ1n) is 8.23. The molecule has 5 heteroatoms. The Kier molecular flexibility index (Phi) is 6.28. The molecule has 4 nitrogen and oxygen atoms in total. The molecule has 0 aromatic heterocycles. The Hall–Kier alpha value is -2.69. The number of benzene rings is 2. The smallest absolute Gasteiger partial charge is 0.243 e. The number of hydrogen-bond donors (Lipinski definition) is 1. The van der Waals surface area contributed by atoms with Crippen molar-refractivity contribution in [1.29, 1.82) is 0 Å². The number of aryl methyl sites for hydroxylation is 2. The third-order valence-corrected chi connectivity index (χ3v) is 4.18. The van der Waals surface area contributed by atoms with E-state index in [1.54, 1.807) is 18.2 Å². The van der Waals surface area contributed by atoms with Gasteiger partial charge < -0.3 is 10.2 Å². The number of nitrogens with one attached hydrogen (secondary N) is 1. The van der Waals surface area contributed by atoms with Gasteiger partial charge in [-0.25, -0.2) is 4.39 Å². The van der Waals surface area contributed by atoms with Gasteiger partial charge in [0.2, 0.25) is 11.8 Å². The predicted octanol–water partition coefficient (Wildman–Crippen LogP) is 3.47. The highest BCUT2D eigenvalue weighted by Gasteiger charge is 2.15. The van der Waals surface area contributed by atoms with Crippen LogP contribution in [0.2, 0.25) is 0 Å². The molecule has 0 unspecified atom stereocenters. The lowest BCUT2D eigenvalue weighted by Gasteiger charge is -2.21. The van der Waals surface area contributed by atoms with E-state index in [9.17, 15) is 14.0 Å². The number of carbonyl (C=O) groups is 2. The summed E-state index contributed by atoms with van der Waals surface area (Å²) >= 11 is 0. The fourth-order valence-corrected chi connectivity index (χ4v) is 2.50. The summed E-state index contributed by atoms with van der Waals surface area (Å²) in [4.78, 5) is 25.4. The quantitative estimate of drug-likeness (QED) is 0.874. The number of nitrogens with zero attached hydrogens (tertiary/aromatic N) is 1. The minimum absolute atomic E-state index is 0.0588. The average molecular weight is 342 g/mol. The average Bonchev–Trinajstić information content (AvgIpc) is 2.56. The normalized spacial score (nSPS) is 10.4. The monoisotopic (exact) mass is 342 g/mol. The van der Waals surface area contributed by atoms with Crippen LogP contribution < -0.4 is 5.32 Å². The molecule has 0 fully saturated rings. The van der Waals surface area contributed by atoms with Crippen LogP contribution in [0.3, 0.4) is 0 Å². The van der Waals surface area contributed by atoms with Gasteiger partial charge in [0.15, 0.2) is 0 Å². The third kappa shape index (κ3) is 5.41. The lowest BCUT2D eigenvalue weighted by Crippen LogP contribution is -2.38. The summed E-state index contributed by atoms with van der Waals surface area (Å²) in [5.74, 6) is -0.788. The molecule has 2 aromatic rings. The summed E-state index contributed by atoms with van der Waals surface area (Å²) in [7, 11) is 0. The molecule has 1 N–H and O–H groups in total. The molecule has 0 aliphatic carbocycles. The van der Waals surface area contributed by atoms with Gasteiger partial charge in [-0.3, -0.25) is 9.59 Å². The van der Waals surface area contributed by atoms with Gasteiger partial charge in [-0.2, -0.15) is 0 Å². The Morgan fingerprint density at radius 2 is 1.80 bits per heavy atom. The standard InChI is InChI=1S/C20H23FN2O2/c1-14-8-9-18(12-15(14)2)22-20(25)13-23(16(3)24)11-10-17-6-4-5-7-19(17)21/h4-9,12H,10-11,13H2,1-3H3,(H,22,25). The molecule has 0 atom stereocenters. The largest absolute Gasteiger partial charge is 0.333 e. The van der Waals surface area contributed by atoms with Crippen LogP contribution in [-0.4, -0.2) is 29.8 Å². The van der Waals surface area contributed by atoms with Gasteiger partial charge in [-0.15, -0.1) is 0 Å². The highest BCUT2D eigenvalue weighted by Crippen LogP contribution is 2.14. The summed E-state index contributed by atoms with van der Waals surface area (Å²) < 4.78 is 13.7. The fourth-order valence-electron chi connectivity index (χ4n) is 2.50. The Balaban J connectivity index is 1.96. The minimum atomic E-state index is -0.300. The van der Waals surface area contributed by atoms with Crippen molar-refractivity contribution in [3.63, 3.8) is 0 Å². The Morgan fingerprint density at radius 1 is 1.08 bits per heavy atom. The first-order valence-corrected chi connectivity index (χ1v) is 8.23. The van der Waals surface area contributed by atoms with Gasteiger partial charge >= 0.3 is 0 Å². The SMILES string of the molecule is CC(=O)N(CCc1ccccc1F)CC(=O)Nc1ccc(C)c(C)c1. The third-order valence-electron chi connectivity index (χ3n) is 4.18. The van der Waals surface area contributed by atoms with Crippen LogP contribution in [0.4, 0.5) is 10.1 Å². The van der Waals surface area contributed by atoms with Crippen molar-refractivity contribution in [3.8, 4) is 0 Å². The topological polar surface area (TPSA) is 49.4 Å². The van der Waals surface area contributed by atoms with Crippen molar-refractivity contribution in [1.82, 2.24) is 4.90 Å². The molecule has 0 aliphatic heterocycles. The van der Waals surface area contributed by atoms with Crippen molar-refractivity contribution >= 4 is 17.5 Å². The molecule has 0 heterocycles. The summed E-state index contributed by atoms with van der Waals surface area (Å²) in [5, 5.41) is 2.80. The second-order valence-electron chi connectivity index (χ2n) is 6.13. The molecular formula is C20H23FN2O2. The lowest BCUT2D eigenvalue weighted by molar-refractivity contribution is -0.132. The zero-order valence-corrected chi connectivity index (χ0v) is 14.8. The number of rotatable bonds is 6. The van der Waals surface area contributed by atoms with Gasteiger partial charge in [0.05, 0.1) is 6.54 Å². The van der Waals surface area contributed by atoms with E-state index < -0.39 is 0 Å². The second kappa shape index (κ2) is 8.42. The number of anilines is 1. The number of carbonyl (C=O) groups excluding carboxylic acids is 2. The molecule has 2 aromatic carbocycles. The van der Waals surface area contributed by atoms with Crippen LogP contribution in [0, 0.1) is 19.7 Å². The van der Waals surface area contributed by atoms with Gasteiger partial charge in [0, 0.05) is 19.2 Å². The molecule has 0 spiro atoms. The molecule has 0 saturated carbocycles. The van der Waals surface area contributed by atoms with Crippen LogP contribution in [0.1, 0.15) is 23.6 Å². The molecule has 0 saturated heterocycles. The highest BCUT2D eigenvalue weighted by atomic mass is 19.1. The fraction of sp³-hybridized carbons (Fsp3) is 0.300. The van der Waals surface area contributed by atoms with Gasteiger partial charge in [0.25, 0.3) is 0 Å². The maximum absolute atomic E-state index is 13.7. The summed E-state index contributed by atoms with van der Waals surface area (Å²) in [5.41, 5.74) is 3.46. The van der Waals surface area contributed by atoms with Crippen molar-refractivity contribution in [2.24, 2.45) is 0 Å². The van der Waals surface area contributed by atoms with Crippen molar-refractivity contribution in [3.05, 3.63) is 65.0 Å². The van der Waals surface area contributed by atoms with Gasteiger partial charge in [-0.1, -0.05) is 24.3 Å². The van der Waals surface area contributed by atoms with Crippen LogP contribution >= 0.6 is 0 Å². The van der Waals surface area contributed by atoms with E-state index in [1.807, 2.05) is 32.0 Å². The van der Waals surface area contributed by atoms with E-state index in [-0.39, 0.29) is 30.7 Å². The van der Waals surface area contributed by atoms with E-state index in [2.05, 4.69) is 5.32 Å². The van der Waals surface area contributed by atoms with E-state index in [0.717, 1.165) is 11.1 Å². The molecule has 0 aliphatic rings. The van der Waals surface area contributed by atoms with E-state index in [0.29, 0.717) is 17.7 Å². The maximum Gasteiger partial charge on any atom is 0.243 e. The van der Waals surface area contributed by atoms with Gasteiger partial charge in [-0.05, 0) is 55.2 Å². The number of halogens is 1. The van der Waals surface area contributed by atoms with Gasteiger partial charge in [0.1, 0.15) is 5.82 Å². The first-order chi connectivity index (χ1) is 11.9. The summed E-state index contributed by atoms with van der Waals surface area (Å²) in [6.45, 7) is 5.61. The molecule has 2 rings (SSSR count). The van der Waals surface area contributed by atoms with E-state index in [4.69, 9.17) is 0 Å². The van der Waals surface area contributed by atoms with E-state index in [1.165, 1.54) is 17.9 Å².